The molecule has 2 radical (unpaired) electrons. The Morgan fingerprint density at radius 2 is 2.04 bits per heavy atom. The molecule has 0 aliphatic carbocycles. The van der Waals surface area contributed by atoms with E-state index in [2.05, 4.69) is 6.07 Å². The summed E-state index contributed by atoms with van der Waals surface area (Å²) in [5, 5.41) is 9.10. The molecule has 2 N–H and O–H groups in total. The standard InChI is InChI=1S/C19H14BClF2N2S/c1-26-10-11(9-24)5-6-17(25)14-4-2-3-13(19(14)23)15-7-12(22)8-16(20)18(15)21/h2-8H,10,25H2,1H3/b11-5-,17-6-. The van der Waals surface area contributed by atoms with Gasteiger partial charge in [0.1, 0.15) is 19.5 Å². The number of rotatable bonds is 5. The van der Waals surface area contributed by atoms with Crippen LogP contribution in [-0.2, 0) is 0 Å². The Morgan fingerprint density at radius 1 is 1.31 bits per heavy atom. The molecule has 0 saturated heterocycles. The molecule has 0 heterocycles. The van der Waals surface area contributed by atoms with Crippen molar-refractivity contribution in [2.75, 3.05) is 12.0 Å². The number of hydrogen-bond acceptors (Lipinski definition) is 3. The first-order valence-corrected chi connectivity index (χ1v) is 9.25. The average molecular weight is 387 g/mol. The molecule has 130 valence electrons. The highest BCUT2D eigenvalue weighted by molar-refractivity contribution is 7.98. The molecule has 2 aromatic rings. The summed E-state index contributed by atoms with van der Waals surface area (Å²) in [5.41, 5.74) is 7.00. The second kappa shape index (κ2) is 8.93. The van der Waals surface area contributed by atoms with Gasteiger partial charge >= 0.3 is 0 Å². The lowest BCUT2D eigenvalue weighted by Crippen LogP contribution is -2.07. The van der Waals surface area contributed by atoms with Crippen LogP contribution in [0.5, 0.6) is 0 Å². The first-order chi connectivity index (χ1) is 12.4. The number of allylic oxidation sites excluding steroid dienone is 2. The van der Waals surface area contributed by atoms with Crippen LogP contribution in [-0.4, -0.2) is 19.9 Å². The van der Waals surface area contributed by atoms with E-state index >= 15 is 0 Å². The topological polar surface area (TPSA) is 49.8 Å². The van der Waals surface area contributed by atoms with Crippen molar-refractivity contribution < 1.29 is 8.78 Å². The number of hydrogen-bond donors (Lipinski definition) is 1. The highest BCUT2D eigenvalue weighted by Crippen LogP contribution is 2.32. The third-order valence-electron chi connectivity index (χ3n) is 3.57. The molecule has 2 rings (SSSR count). The number of benzene rings is 2. The van der Waals surface area contributed by atoms with Gasteiger partial charge in [0.05, 0.1) is 6.07 Å². The first-order valence-electron chi connectivity index (χ1n) is 7.48. The van der Waals surface area contributed by atoms with E-state index < -0.39 is 11.6 Å². The van der Waals surface area contributed by atoms with Crippen LogP contribution in [0.15, 0.2) is 48.1 Å². The van der Waals surface area contributed by atoms with E-state index in [4.69, 9.17) is 30.4 Å². The molecule has 2 nitrogen and oxygen atoms in total. The summed E-state index contributed by atoms with van der Waals surface area (Å²) in [6, 6.07) is 8.79. The Kier molecular flexibility index (Phi) is 6.90. The Hall–Kier alpha value is -2.23. The van der Waals surface area contributed by atoms with Crippen LogP contribution in [0.25, 0.3) is 16.8 Å². The monoisotopic (exact) mass is 386 g/mol. The van der Waals surface area contributed by atoms with Crippen LogP contribution in [0, 0.1) is 23.0 Å². The molecule has 26 heavy (non-hydrogen) atoms. The van der Waals surface area contributed by atoms with Crippen LogP contribution in [0.4, 0.5) is 8.78 Å². The van der Waals surface area contributed by atoms with Crippen molar-refractivity contribution in [1.82, 2.24) is 0 Å². The van der Waals surface area contributed by atoms with Gasteiger partial charge < -0.3 is 5.73 Å². The molecule has 0 saturated carbocycles. The van der Waals surface area contributed by atoms with Gasteiger partial charge in [-0.2, -0.15) is 17.0 Å². The number of thioether (sulfide) groups is 1. The minimum absolute atomic E-state index is 0.0219. The summed E-state index contributed by atoms with van der Waals surface area (Å²) >= 11 is 7.60. The van der Waals surface area contributed by atoms with Gasteiger partial charge in [-0.3, -0.25) is 0 Å². The maximum absolute atomic E-state index is 15.0. The molecule has 0 atom stereocenters. The van der Waals surface area contributed by atoms with Crippen molar-refractivity contribution in [1.29, 1.82) is 5.26 Å². The minimum Gasteiger partial charge on any atom is -0.398 e. The van der Waals surface area contributed by atoms with Gasteiger partial charge in [-0.1, -0.05) is 29.2 Å². The molecule has 0 fully saturated rings. The molecule has 0 aliphatic rings. The summed E-state index contributed by atoms with van der Waals surface area (Å²) in [6.07, 6.45) is 4.89. The predicted octanol–water partition coefficient (Wildman–Crippen LogP) is 4.19. The van der Waals surface area contributed by atoms with Crippen LogP contribution < -0.4 is 11.2 Å². The molecule has 0 spiro atoms. The summed E-state index contributed by atoms with van der Waals surface area (Å²) < 4.78 is 28.6. The highest BCUT2D eigenvalue weighted by atomic mass is 35.5. The molecule has 0 bridgehead atoms. The number of nitrogens with two attached hydrogens (primary N) is 1. The minimum atomic E-state index is -0.648. The van der Waals surface area contributed by atoms with E-state index in [1.54, 1.807) is 12.1 Å². The third kappa shape index (κ3) is 4.49. The number of halogens is 3. The Labute approximate surface area is 161 Å². The quantitative estimate of drug-likeness (QED) is 0.476. The normalized spacial score (nSPS) is 12.1. The van der Waals surface area contributed by atoms with Gasteiger partial charge in [0.2, 0.25) is 0 Å². The molecule has 7 heteroatoms. The lowest BCUT2D eigenvalue weighted by molar-refractivity contribution is 0.623. The fraction of sp³-hybridized carbons (Fsp3) is 0.105. The zero-order valence-corrected chi connectivity index (χ0v) is 15.5. The van der Waals surface area contributed by atoms with Gasteiger partial charge in [0.15, 0.2) is 0 Å². The Bertz CT molecular complexity index is 936. The number of nitriles is 1. The molecule has 2 aromatic carbocycles. The van der Waals surface area contributed by atoms with Gasteiger partial charge in [0.25, 0.3) is 0 Å². The second-order valence-electron chi connectivity index (χ2n) is 5.38. The van der Waals surface area contributed by atoms with E-state index in [-0.39, 0.29) is 32.9 Å². The SMILES string of the molecule is [B]c1cc(F)cc(-c2cccc(/C(N)=C/C=C(/C#N)CSC)c2F)c1Cl. The predicted molar refractivity (Wildman–Crippen MR) is 106 cm³/mol. The van der Waals surface area contributed by atoms with Crippen molar-refractivity contribution in [3.05, 3.63) is 70.3 Å². The molecule has 0 aliphatic heterocycles. The molecule has 0 unspecified atom stereocenters. The zero-order chi connectivity index (χ0) is 19.3. The van der Waals surface area contributed by atoms with Crippen molar-refractivity contribution in [2.45, 2.75) is 0 Å². The largest absolute Gasteiger partial charge is 0.398 e. The van der Waals surface area contributed by atoms with Crippen molar-refractivity contribution in [3.8, 4) is 17.2 Å². The van der Waals surface area contributed by atoms with Crippen molar-refractivity contribution >= 4 is 42.4 Å². The number of nitrogens with zero attached hydrogens (tertiary/aromatic N) is 1. The maximum Gasteiger partial charge on any atom is 0.140 e. The van der Waals surface area contributed by atoms with E-state index in [1.165, 1.54) is 30.0 Å². The van der Waals surface area contributed by atoms with Crippen molar-refractivity contribution in [2.24, 2.45) is 5.73 Å². The van der Waals surface area contributed by atoms with E-state index in [0.29, 0.717) is 11.3 Å². The fourth-order valence-electron chi connectivity index (χ4n) is 2.32. The van der Waals surface area contributed by atoms with E-state index in [0.717, 1.165) is 12.1 Å². The third-order valence-corrected chi connectivity index (χ3v) is 4.59. The molecule has 0 amide bonds. The van der Waals surface area contributed by atoms with Crippen LogP contribution in [0.2, 0.25) is 5.02 Å². The Morgan fingerprint density at radius 3 is 2.69 bits per heavy atom. The fourth-order valence-corrected chi connectivity index (χ4v) is 3.01. The zero-order valence-electron chi connectivity index (χ0n) is 13.9. The molecular weight excluding hydrogens is 373 g/mol. The van der Waals surface area contributed by atoms with Gasteiger partial charge in [-0.05, 0) is 36.6 Å². The average Bonchev–Trinajstić information content (AvgIpc) is 2.61. The summed E-state index contributed by atoms with van der Waals surface area (Å²) in [5.74, 6) is -0.736. The van der Waals surface area contributed by atoms with Crippen LogP contribution in [0.3, 0.4) is 0 Å². The van der Waals surface area contributed by atoms with Crippen LogP contribution in [0.1, 0.15) is 5.56 Å². The highest BCUT2D eigenvalue weighted by Gasteiger charge is 2.16. The van der Waals surface area contributed by atoms with E-state index in [1.807, 2.05) is 6.26 Å². The lowest BCUT2D eigenvalue weighted by atomic mass is 9.91. The second-order valence-corrected chi connectivity index (χ2v) is 6.63. The molecular formula is C19H14BClF2N2S. The molecule has 0 aromatic heterocycles. The summed E-state index contributed by atoms with van der Waals surface area (Å²) in [4.78, 5) is 0. The van der Waals surface area contributed by atoms with Gasteiger partial charge in [0, 0.05) is 38.7 Å². The first kappa shape index (κ1) is 20.1. The van der Waals surface area contributed by atoms with Crippen LogP contribution >= 0.6 is 23.4 Å². The van der Waals surface area contributed by atoms with Gasteiger partial charge in [-0.15, -0.1) is 0 Å². The maximum atomic E-state index is 15.0. The Balaban J connectivity index is 2.53. The smallest absolute Gasteiger partial charge is 0.140 e. The van der Waals surface area contributed by atoms with E-state index in [9.17, 15) is 8.78 Å². The van der Waals surface area contributed by atoms with Crippen molar-refractivity contribution in [3.63, 3.8) is 0 Å². The summed E-state index contributed by atoms with van der Waals surface area (Å²) in [6.45, 7) is 0. The summed E-state index contributed by atoms with van der Waals surface area (Å²) in [7, 11) is 5.66. The van der Waals surface area contributed by atoms with Gasteiger partial charge in [-0.25, -0.2) is 8.78 Å². The lowest BCUT2D eigenvalue weighted by Gasteiger charge is -2.12.